The molecule has 3 fully saturated rings. The molecule has 0 aliphatic carbocycles. The number of benzene rings is 1. The zero-order chi connectivity index (χ0) is 49.2. The highest BCUT2D eigenvalue weighted by molar-refractivity contribution is 7.55. The minimum Gasteiger partial charge on any atom is -0.408 e. The number of nitrogens with one attached hydrogen (secondary N) is 2. The first kappa shape index (κ1) is 50.1. The molecule has 0 spiro atoms. The van der Waals surface area contributed by atoms with Crippen LogP contribution < -0.4 is 10.9 Å². The number of fused-ring (bicyclic) bond motifs is 4. The molecule has 4 aromatic heterocycles. The third-order valence-corrected chi connectivity index (χ3v) is 27.0. The van der Waals surface area contributed by atoms with Crippen LogP contribution in [0, 0.1) is 11.3 Å². The van der Waals surface area contributed by atoms with Gasteiger partial charge in [-0.2, -0.15) is 5.26 Å². The molecule has 3 saturated heterocycles. The molecular weight excluding hydrogens is 955 g/mol. The van der Waals surface area contributed by atoms with Crippen molar-refractivity contribution < 1.29 is 50.7 Å². The first-order valence-electron chi connectivity index (χ1n) is 22.2. The van der Waals surface area contributed by atoms with Crippen LogP contribution in [-0.2, 0) is 41.0 Å². The fourth-order valence-corrected chi connectivity index (χ4v) is 14.8. The van der Waals surface area contributed by atoms with E-state index in [1.165, 1.54) is 29.9 Å². The number of ether oxygens (including phenoxy) is 2. The van der Waals surface area contributed by atoms with Crippen LogP contribution in [-0.4, -0.2) is 122 Å². The SMILES string of the molecule is CC(C)(C)[Si](C)(C)O[C@H]1C(n2cnc3c(NC(=O)c4ccccc4)ncnc32)OC2COP(=O)(OCCC#N)[C@@H]3C(COP(=O)(O)[C@H]21)OC(n1cnc2c(=O)[nH]cnc21)[C@@H]3O[Si](C)(C)C(C)(C)C. The van der Waals surface area contributed by atoms with Gasteiger partial charge in [0.25, 0.3) is 11.5 Å². The van der Waals surface area contributed by atoms with Crippen molar-refractivity contribution in [1.82, 2.24) is 39.0 Å². The normalized spacial score (nSPS) is 29.4. The Hall–Kier alpha value is -4.35. The number of H-pyrrole nitrogens is 1. The lowest BCUT2D eigenvalue weighted by molar-refractivity contribution is -0.0473. The molecule has 3 aliphatic heterocycles. The van der Waals surface area contributed by atoms with Gasteiger partial charge in [-0.1, -0.05) is 59.7 Å². The lowest BCUT2D eigenvalue weighted by Gasteiger charge is -2.42. The Morgan fingerprint density at radius 1 is 0.853 bits per heavy atom. The number of aromatic nitrogens is 8. The van der Waals surface area contributed by atoms with Gasteiger partial charge in [0.2, 0.25) is 0 Å². The van der Waals surface area contributed by atoms with Crippen molar-refractivity contribution >= 4 is 65.9 Å². The second-order valence-electron chi connectivity index (χ2n) is 20.2. The van der Waals surface area contributed by atoms with Gasteiger partial charge in [0.05, 0.1) is 51.3 Å². The number of hydrogen-bond donors (Lipinski definition) is 3. The average Bonchev–Trinajstić information content (AvgIpc) is 4.05. The molecule has 7 heterocycles. The van der Waals surface area contributed by atoms with Crippen molar-refractivity contribution in [2.75, 3.05) is 25.1 Å². The Morgan fingerprint density at radius 3 is 2.01 bits per heavy atom. The largest absolute Gasteiger partial charge is 0.408 e. The molecule has 1 aromatic carbocycles. The molecule has 8 rings (SSSR count). The Labute approximate surface area is 394 Å². The van der Waals surface area contributed by atoms with Crippen LogP contribution in [0.25, 0.3) is 22.3 Å². The Morgan fingerprint density at radius 2 is 1.41 bits per heavy atom. The smallest absolute Gasteiger partial charge is 0.339 e. The van der Waals surface area contributed by atoms with E-state index >= 15 is 9.13 Å². The van der Waals surface area contributed by atoms with Crippen LogP contribution in [0.5, 0.6) is 0 Å². The van der Waals surface area contributed by atoms with Crippen LogP contribution in [0.3, 0.4) is 0 Å². The molecular formula is C42H58N10O12P2Si2. The van der Waals surface area contributed by atoms with Crippen molar-refractivity contribution in [3.05, 3.63) is 71.6 Å². The maximum Gasteiger partial charge on any atom is 0.339 e. The van der Waals surface area contributed by atoms with Crippen molar-refractivity contribution in [3.8, 4) is 6.07 Å². The van der Waals surface area contributed by atoms with Crippen molar-refractivity contribution in [1.29, 1.82) is 5.26 Å². The number of carbonyl (C=O) groups excluding carboxylic acids is 1. The fourth-order valence-electron chi connectivity index (χ4n) is 8.05. The first-order chi connectivity index (χ1) is 31.9. The van der Waals surface area contributed by atoms with Crippen LogP contribution in [0.15, 0.2) is 60.4 Å². The standard InChI is InChI=1S/C42H58N10O12P2Si2/c1-41(2,3)67(7,8)63-30-32-26(61-39(30)51-23-48-28-34(44-21-45-35(28)51)50-37(53)25-15-12-11-13-16-25)20-60-66(57,58-18-14-17-43)33-27(19-59-65(32,55)56)62-40(31(33)64-68(9,10)42(4,5)6)52-24-49-29-36(52)46-22-47-38(29)54/h11-13,15-16,21-24,26-27,30-33,39-40H,14,18-20H2,1-10H3,(H,55,56)(H,46,47,54)(H,44,45,50,53)/t26?,27?,30-,31-,32-,33-,39?,40?,66?/m1/s1. The molecule has 5 aromatic rings. The highest BCUT2D eigenvalue weighted by Gasteiger charge is 2.64. The van der Waals surface area contributed by atoms with Gasteiger partial charge in [-0.3, -0.25) is 27.9 Å². The fraction of sp³-hybridized carbons (Fsp3) is 0.571. The summed E-state index contributed by atoms with van der Waals surface area (Å²) in [5.74, 6) is -0.316. The Balaban J connectivity index is 1.23. The summed E-state index contributed by atoms with van der Waals surface area (Å²) in [7, 11) is -15.1. The molecule has 22 nitrogen and oxygen atoms in total. The van der Waals surface area contributed by atoms with Gasteiger partial charge in [-0.05, 0) is 48.4 Å². The van der Waals surface area contributed by atoms with Crippen LogP contribution in [0.1, 0.15) is 70.8 Å². The third-order valence-electron chi connectivity index (χ3n) is 13.7. The summed E-state index contributed by atoms with van der Waals surface area (Å²) < 4.78 is 80.7. The number of aromatic amines is 1. The van der Waals surface area contributed by atoms with Crippen molar-refractivity contribution in [2.24, 2.45) is 0 Å². The Kier molecular flexibility index (Phi) is 13.6. The maximum atomic E-state index is 15.9. The molecule has 10 atom stereocenters. The molecule has 366 valence electrons. The average molecular weight is 1010 g/mol. The van der Waals surface area contributed by atoms with E-state index in [1.807, 2.05) is 73.8 Å². The second kappa shape index (κ2) is 18.4. The number of rotatable bonds is 11. The predicted octanol–water partition coefficient (Wildman–Crippen LogP) is 6.88. The van der Waals surface area contributed by atoms with Crippen LogP contribution in [0.4, 0.5) is 5.82 Å². The summed E-state index contributed by atoms with van der Waals surface area (Å²) in [6.07, 6.45) is -2.29. The summed E-state index contributed by atoms with van der Waals surface area (Å²) >= 11 is 0. The van der Waals surface area contributed by atoms with E-state index in [-0.39, 0.29) is 41.2 Å². The minimum atomic E-state index is -4.89. The molecule has 68 heavy (non-hydrogen) atoms. The molecule has 0 bridgehead atoms. The lowest BCUT2D eigenvalue weighted by Crippen LogP contribution is -2.50. The van der Waals surface area contributed by atoms with Crippen molar-refractivity contribution in [3.63, 3.8) is 0 Å². The number of anilines is 1. The third kappa shape index (κ3) is 9.36. The van der Waals surface area contributed by atoms with E-state index in [1.54, 1.807) is 34.9 Å². The second-order valence-corrected chi connectivity index (χ2v) is 33.8. The molecule has 3 N–H and O–H groups in total. The summed E-state index contributed by atoms with van der Waals surface area (Å²) in [6, 6.07) is 10.6. The monoisotopic (exact) mass is 1010 g/mol. The zero-order valence-electron chi connectivity index (χ0n) is 39.6. The first-order valence-corrected chi connectivity index (χ1v) is 31.3. The van der Waals surface area contributed by atoms with E-state index in [0.29, 0.717) is 5.56 Å². The van der Waals surface area contributed by atoms with E-state index in [2.05, 4.69) is 35.2 Å². The van der Waals surface area contributed by atoms with Gasteiger partial charge in [0.15, 0.2) is 57.2 Å². The topological polar surface area (TPSA) is 279 Å². The van der Waals surface area contributed by atoms with Crippen LogP contribution in [0.2, 0.25) is 36.3 Å². The van der Waals surface area contributed by atoms with Gasteiger partial charge >= 0.3 is 15.2 Å². The lowest BCUT2D eigenvalue weighted by atomic mass is 10.2. The molecule has 26 heteroatoms. The van der Waals surface area contributed by atoms with E-state index in [0.717, 1.165) is 0 Å². The summed E-state index contributed by atoms with van der Waals surface area (Å²) in [6.45, 7) is 18.6. The highest BCUT2D eigenvalue weighted by atomic mass is 31.2. The number of imidazole rings is 2. The van der Waals surface area contributed by atoms with E-state index < -0.39 is 115 Å². The summed E-state index contributed by atoms with van der Waals surface area (Å²) in [5.41, 5.74) is -2.33. The van der Waals surface area contributed by atoms with Gasteiger partial charge in [0.1, 0.15) is 42.1 Å². The minimum absolute atomic E-state index is 0.0125. The van der Waals surface area contributed by atoms with Gasteiger partial charge < -0.3 is 47.1 Å². The predicted molar refractivity (Wildman–Crippen MR) is 253 cm³/mol. The number of hydrogen-bond acceptors (Lipinski definition) is 17. The van der Waals surface area contributed by atoms with Crippen molar-refractivity contribution in [2.45, 2.75) is 132 Å². The molecule has 3 aliphatic rings. The van der Waals surface area contributed by atoms with Crippen LogP contribution >= 0.6 is 15.2 Å². The summed E-state index contributed by atoms with van der Waals surface area (Å²) in [5, 5.41) is 11.6. The molecule has 0 radical (unpaired) electrons. The quantitative estimate of drug-likeness (QED) is 0.0690. The summed E-state index contributed by atoms with van der Waals surface area (Å²) in [4.78, 5) is 63.1. The van der Waals surface area contributed by atoms with Gasteiger partial charge in [-0.25, -0.2) is 24.9 Å². The van der Waals surface area contributed by atoms with E-state index in [9.17, 15) is 19.7 Å². The highest BCUT2D eigenvalue weighted by Crippen LogP contribution is 2.65. The number of nitriles is 1. The van der Waals surface area contributed by atoms with E-state index in [4.69, 9.17) is 31.9 Å². The Bertz CT molecular complexity index is 2880. The number of amides is 1. The van der Waals surface area contributed by atoms with Gasteiger partial charge in [0, 0.05) is 5.56 Å². The maximum absolute atomic E-state index is 15.9. The molecule has 1 amide bonds. The number of carbonyl (C=O) groups is 1. The van der Waals surface area contributed by atoms with Gasteiger partial charge in [-0.15, -0.1) is 0 Å². The molecule has 0 saturated carbocycles. The molecule has 6 unspecified atom stereocenters. The zero-order valence-corrected chi connectivity index (χ0v) is 43.3. The number of nitrogens with zero attached hydrogens (tertiary/aromatic N) is 8.